The van der Waals surface area contributed by atoms with Gasteiger partial charge in [0.2, 0.25) is 5.91 Å². The highest BCUT2D eigenvalue weighted by atomic mass is 16.5. The number of rotatable bonds is 5. The first-order chi connectivity index (χ1) is 17.0. The maximum absolute atomic E-state index is 13.5. The third-order valence-electron chi connectivity index (χ3n) is 6.32. The second-order valence-corrected chi connectivity index (χ2v) is 8.66. The van der Waals surface area contributed by atoms with Gasteiger partial charge >= 0.3 is 0 Å². The van der Waals surface area contributed by atoms with Crippen LogP contribution in [-0.2, 0) is 4.79 Å². The van der Waals surface area contributed by atoms with Gasteiger partial charge in [0, 0.05) is 17.0 Å². The number of amides is 2. The topological polar surface area (TPSA) is 85.2 Å². The number of carbonyl (C=O) groups excluding carboxylic acids is 2. The second-order valence-electron chi connectivity index (χ2n) is 8.66. The minimum Gasteiger partial charge on any atom is -0.497 e. The molecule has 0 saturated carbocycles. The summed E-state index contributed by atoms with van der Waals surface area (Å²) in [7, 11) is 1.61. The second kappa shape index (κ2) is 9.10. The molecule has 7 heteroatoms. The maximum Gasteiger partial charge on any atom is 0.251 e. The first-order valence-electron chi connectivity index (χ1n) is 11.4. The monoisotopic (exact) mass is 466 g/mol. The number of aromatic nitrogens is 2. The summed E-state index contributed by atoms with van der Waals surface area (Å²) in [5.41, 5.74) is 4.85. The van der Waals surface area contributed by atoms with Crippen LogP contribution < -0.4 is 15.4 Å². The summed E-state index contributed by atoms with van der Waals surface area (Å²) in [5.74, 6) is 0.294. The van der Waals surface area contributed by atoms with E-state index in [1.165, 1.54) is 0 Å². The van der Waals surface area contributed by atoms with E-state index in [4.69, 9.17) is 9.84 Å². The highest BCUT2D eigenvalue weighted by Gasteiger charge is 2.41. The number of hydrogen-bond donors (Lipinski definition) is 2. The molecule has 0 saturated heterocycles. The van der Waals surface area contributed by atoms with Crippen LogP contribution in [0.4, 0.5) is 5.82 Å². The molecule has 0 unspecified atom stereocenters. The molecule has 0 radical (unpaired) electrons. The molecule has 2 atom stereocenters. The summed E-state index contributed by atoms with van der Waals surface area (Å²) in [6.45, 7) is 3.85. The van der Waals surface area contributed by atoms with Gasteiger partial charge in [-0.05, 0) is 55.8 Å². The number of nitrogens with zero attached hydrogens (tertiary/aromatic N) is 2. The van der Waals surface area contributed by atoms with E-state index in [9.17, 15) is 9.59 Å². The van der Waals surface area contributed by atoms with Crippen molar-refractivity contribution >= 4 is 17.6 Å². The molecule has 0 aliphatic carbocycles. The Kier molecular flexibility index (Phi) is 5.82. The third kappa shape index (κ3) is 4.17. The lowest BCUT2D eigenvalue weighted by Crippen LogP contribution is -2.50. The standard InChI is InChI=1S/C28H26N4O3/c1-17-8-7-9-20(16-17)27(33)29-25-24(19-12-14-22(35-3)15-13-19)23-18(2)31-32(26(23)30-28(25)34)21-10-5-4-6-11-21/h4-16,24-25H,1-3H3,(H,29,33)(H,30,34)/t24-,25-/m1/s1. The number of hydrogen-bond acceptors (Lipinski definition) is 4. The van der Waals surface area contributed by atoms with E-state index in [0.717, 1.165) is 28.1 Å². The summed E-state index contributed by atoms with van der Waals surface area (Å²) >= 11 is 0. The third-order valence-corrected chi connectivity index (χ3v) is 6.32. The molecule has 2 amide bonds. The highest BCUT2D eigenvalue weighted by Crippen LogP contribution is 2.41. The van der Waals surface area contributed by atoms with Gasteiger partial charge in [-0.3, -0.25) is 9.59 Å². The van der Waals surface area contributed by atoms with Crippen LogP contribution in [-0.4, -0.2) is 34.7 Å². The first kappa shape index (κ1) is 22.4. The lowest BCUT2D eigenvalue weighted by atomic mass is 9.81. The van der Waals surface area contributed by atoms with Crippen molar-refractivity contribution in [1.29, 1.82) is 0 Å². The van der Waals surface area contributed by atoms with Crippen LogP contribution in [0.3, 0.4) is 0 Å². The average molecular weight is 467 g/mol. The number of nitrogens with one attached hydrogen (secondary N) is 2. The first-order valence-corrected chi connectivity index (χ1v) is 11.4. The number of ether oxygens (including phenoxy) is 1. The minimum atomic E-state index is -0.823. The Balaban J connectivity index is 1.62. The smallest absolute Gasteiger partial charge is 0.251 e. The van der Waals surface area contributed by atoms with Gasteiger partial charge in [0.25, 0.3) is 5.91 Å². The molecule has 0 spiro atoms. The summed E-state index contributed by atoms with van der Waals surface area (Å²) in [4.78, 5) is 26.7. The lowest BCUT2D eigenvalue weighted by molar-refractivity contribution is -0.118. The Hall–Kier alpha value is -4.39. The van der Waals surface area contributed by atoms with Crippen molar-refractivity contribution in [1.82, 2.24) is 15.1 Å². The van der Waals surface area contributed by atoms with Crippen molar-refractivity contribution in [2.45, 2.75) is 25.8 Å². The predicted molar refractivity (Wildman–Crippen MR) is 134 cm³/mol. The Morgan fingerprint density at radius 1 is 1.00 bits per heavy atom. The number of para-hydroxylation sites is 1. The van der Waals surface area contributed by atoms with Crippen molar-refractivity contribution in [3.63, 3.8) is 0 Å². The molecule has 1 aliphatic heterocycles. The summed E-state index contributed by atoms with van der Waals surface area (Å²) in [6.07, 6.45) is 0. The Bertz CT molecular complexity index is 1390. The zero-order valence-electron chi connectivity index (χ0n) is 19.8. The van der Waals surface area contributed by atoms with E-state index in [0.29, 0.717) is 17.1 Å². The van der Waals surface area contributed by atoms with Crippen molar-refractivity contribution in [3.05, 3.63) is 107 Å². The fraction of sp³-hybridized carbons (Fsp3) is 0.179. The van der Waals surface area contributed by atoms with Gasteiger partial charge < -0.3 is 15.4 Å². The van der Waals surface area contributed by atoms with Crippen LogP contribution in [0.1, 0.15) is 38.7 Å². The van der Waals surface area contributed by atoms with Crippen molar-refractivity contribution in [3.8, 4) is 11.4 Å². The normalized spacial score (nSPS) is 16.8. The van der Waals surface area contributed by atoms with Gasteiger partial charge in [-0.1, -0.05) is 48.0 Å². The molecular formula is C28H26N4O3. The van der Waals surface area contributed by atoms with Gasteiger partial charge in [-0.25, -0.2) is 4.68 Å². The molecule has 1 aliphatic rings. The van der Waals surface area contributed by atoms with E-state index in [2.05, 4.69) is 10.6 Å². The lowest BCUT2D eigenvalue weighted by Gasteiger charge is -2.33. The van der Waals surface area contributed by atoms with Crippen LogP contribution >= 0.6 is 0 Å². The number of aryl methyl sites for hydroxylation is 2. The molecule has 3 aromatic carbocycles. The predicted octanol–water partition coefficient (Wildman–Crippen LogP) is 4.38. The van der Waals surface area contributed by atoms with E-state index in [-0.39, 0.29) is 11.8 Å². The van der Waals surface area contributed by atoms with E-state index in [1.807, 2.05) is 86.6 Å². The molecule has 1 aromatic heterocycles. The quantitative estimate of drug-likeness (QED) is 0.457. The summed E-state index contributed by atoms with van der Waals surface area (Å²) < 4.78 is 7.08. The van der Waals surface area contributed by atoms with Crippen LogP contribution in [0.2, 0.25) is 0 Å². The molecule has 0 bridgehead atoms. The van der Waals surface area contributed by atoms with Gasteiger partial charge in [0.05, 0.1) is 18.5 Å². The number of carbonyl (C=O) groups is 2. The van der Waals surface area contributed by atoms with Crippen molar-refractivity contribution < 1.29 is 14.3 Å². The average Bonchev–Trinajstić information content (AvgIpc) is 3.20. The van der Waals surface area contributed by atoms with Gasteiger partial charge in [-0.2, -0.15) is 5.10 Å². The van der Waals surface area contributed by atoms with E-state index in [1.54, 1.807) is 17.9 Å². The van der Waals surface area contributed by atoms with Gasteiger partial charge in [0.15, 0.2) is 0 Å². The molecule has 4 aromatic rings. The van der Waals surface area contributed by atoms with E-state index < -0.39 is 12.0 Å². The number of methoxy groups -OCH3 is 1. The Morgan fingerprint density at radius 2 is 1.74 bits per heavy atom. The minimum absolute atomic E-state index is 0.295. The SMILES string of the molecule is COc1ccc([C@@H]2c3c(C)nn(-c4ccccc4)c3NC(=O)[C@@H]2NC(=O)c2cccc(C)c2)cc1. The molecule has 0 fully saturated rings. The Morgan fingerprint density at radius 3 is 2.43 bits per heavy atom. The Labute approximate surface area is 203 Å². The van der Waals surface area contributed by atoms with Crippen molar-refractivity contribution in [2.24, 2.45) is 0 Å². The van der Waals surface area contributed by atoms with Gasteiger partial charge in [-0.15, -0.1) is 0 Å². The fourth-order valence-corrected chi connectivity index (χ4v) is 4.63. The molecule has 35 heavy (non-hydrogen) atoms. The van der Waals surface area contributed by atoms with Crippen LogP contribution in [0.5, 0.6) is 5.75 Å². The molecule has 7 nitrogen and oxygen atoms in total. The maximum atomic E-state index is 13.5. The molecular weight excluding hydrogens is 440 g/mol. The number of benzene rings is 3. The van der Waals surface area contributed by atoms with Crippen LogP contribution in [0.25, 0.3) is 5.69 Å². The highest BCUT2D eigenvalue weighted by molar-refractivity contribution is 6.04. The molecule has 176 valence electrons. The van der Waals surface area contributed by atoms with E-state index >= 15 is 0 Å². The van der Waals surface area contributed by atoms with Crippen LogP contribution in [0.15, 0.2) is 78.9 Å². The summed E-state index contributed by atoms with van der Waals surface area (Å²) in [5, 5.41) is 10.8. The number of anilines is 1. The van der Waals surface area contributed by atoms with Crippen molar-refractivity contribution in [2.75, 3.05) is 12.4 Å². The van der Waals surface area contributed by atoms with Crippen LogP contribution in [0, 0.1) is 13.8 Å². The molecule has 5 rings (SSSR count). The number of fused-ring (bicyclic) bond motifs is 1. The van der Waals surface area contributed by atoms with Gasteiger partial charge in [0.1, 0.15) is 17.6 Å². The zero-order chi connectivity index (χ0) is 24.5. The summed E-state index contributed by atoms with van der Waals surface area (Å²) in [6, 6.07) is 23.7. The molecule has 2 heterocycles. The fourth-order valence-electron chi connectivity index (χ4n) is 4.63. The zero-order valence-corrected chi connectivity index (χ0v) is 19.8. The largest absolute Gasteiger partial charge is 0.497 e. The molecule has 2 N–H and O–H groups in total.